The molecule has 0 bridgehead atoms. The van der Waals surface area contributed by atoms with E-state index in [0.29, 0.717) is 6.42 Å². The van der Waals surface area contributed by atoms with Crippen LogP contribution in [0.5, 0.6) is 0 Å². The predicted molar refractivity (Wildman–Crippen MR) is 69.9 cm³/mol. The lowest BCUT2D eigenvalue weighted by Crippen LogP contribution is -2.31. The first-order valence-corrected chi connectivity index (χ1v) is 6.70. The number of pyridine rings is 1. The van der Waals surface area contributed by atoms with Gasteiger partial charge in [0.1, 0.15) is 0 Å². The minimum absolute atomic E-state index is 0.0817. The van der Waals surface area contributed by atoms with Crippen molar-refractivity contribution >= 4 is 0 Å². The van der Waals surface area contributed by atoms with Crippen molar-refractivity contribution < 1.29 is 13.2 Å². The molecular formula is C14H21F3N2. The van der Waals surface area contributed by atoms with Gasteiger partial charge in [-0.05, 0) is 43.9 Å². The maximum atomic E-state index is 12.3. The van der Waals surface area contributed by atoms with Gasteiger partial charge in [0.15, 0.2) is 0 Å². The highest BCUT2D eigenvalue weighted by molar-refractivity contribution is 5.08. The van der Waals surface area contributed by atoms with E-state index in [9.17, 15) is 13.2 Å². The molecule has 19 heavy (non-hydrogen) atoms. The number of nitrogens with zero attached hydrogens (tertiary/aromatic N) is 1. The third kappa shape index (κ3) is 7.82. The van der Waals surface area contributed by atoms with Crippen molar-refractivity contribution in [2.24, 2.45) is 0 Å². The first kappa shape index (κ1) is 16.0. The maximum Gasteiger partial charge on any atom is 0.389 e. The Morgan fingerprint density at radius 2 is 2.11 bits per heavy atom. The minimum Gasteiger partial charge on any atom is -0.314 e. The molecule has 1 aromatic heterocycles. The average Bonchev–Trinajstić information content (AvgIpc) is 2.38. The molecule has 0 aliphatic heterocycles. The van der Waals surface area contributed by atoms with Crippen LogP contribution in [0.25, 0.3) is 0 Å². The van der Waals surface area contributed by atoms with Gasteiger partial charge in [0.25, 0.3) is 0 Å². The SMILES string of the molecule is CCCNC(CCc1cccnc1)CCC(F)(F)F. The summed E-state index contributed by atoms with van der Waals surface area (Å²) in [7, 11) is 0. The van der Waals surface area contributed by atoms with Crippen LogP contribution in [0.4, 0.5) is 13.2 Å². The predicted octanol–water partition coefficient (Wildman–Crippen LogP) is 3.72. The molecule has 0 aromatic carbocycles. The Labute approximate surface area is 112 Å². The van der Waals surface area contributed by atoms with Crippen LogP contribution in [0.1, 0.15) is 38.2 Å². The summed E-state index contributed by atoms with van der Waals surface area (Å²) in [5, 5.41) is 3.19. The van der Waals surface area contributed by atoms with E-state index in [0.717, 1.165) is 24.9 Å². The summed E-state index contributed by atoms with van der Waals surface area (Å²) in [4.78, 5) is 4.01. The van der Waals surface area contributed by atoms with Gasteiger partial charge in [-0.3, -0.25) is 4.98 Å². The van der Waals surface area contributed by atoms with Crippen molar-refractivity contribution in [1.82, 2.24) is 10.3 Å². The molecule has 1 N–H and O–H groups in total. The Kier molecular flexibility index (Phi) is 6.84. The molecule has 0 amide bonds. The third-order valence-corrected chi connectivity index (χ3v) is 2.96. The van der Waals surface area contributed by atoms with Crippen LogP contribution in [0, 0.1) is 0 Å². The number of aromatic nitrogens is 1. The second-order valence-electron chi connectivity index (χ2n) is 4.70. The maximum absolute atomic E-state index is 12.3. The molecule has 1 rings (SSSR count). The first-order chi connectivity index (χ1) is 9.01. The number of rotatable bonds is 8. The number of halogens is 3. The smallest absolute Gasteiger partial charge is 0.314 e. The molecule has 0 aliphatic rings. The lowest BCUT2D eigenvalue weighted by atomic mass is 10.0. The van der Waals surface area contributed by atoms with Gasteiger partial charge in [-0.25, -0.2) is 0 Å². The van der Waals surface area contributed by atoms with Crippen molar-refractivity contribution in [2.75, 3.05) is 6.54 Å². The summed E-state index contributed by atoms with van der Waals surface area (Å²) in [6.45, 7) is 2.77. The van der Waals surface area contributed by atoms with E-state index in [-0.39, 0.29) is 12.5 Å². The van der Waals surface area contributed by atoms with Crippen molar-refractivity contribution in [3.8, 4) is 0 Å². The van der Waals surface area contributed by atoms with Crippen molar-refractivity contribution in [2.45, 2.75) is 51.2 Å². The fraction of sp³-hybridized carbons (Fsp3) is 0.643. The van der Waals surface area contributed by atoms with Crippen molar-refractivity contribution in [1.29, 1.82) is 0 Å². The number of alkyl halides is 3. The minimum atomic E-state index is -4.07. The summed E-state index contributed by atoms with van der Waals surface area (Å²) in [5.41, 5.74) is 1.07. The highest BCUT2D eigenvalue weighted by Crippen LogP contribution is 2.23. The van der Waals surface area contributed by atoms with E-state index in [1.165, 1.54) is 0 Å². The molecule has 2 nitrogen and oxygen atoms in total. The van der Waals surface area contributed by atoms with E-state index in [4.69, 9.17) is 0 Å². The van der Waals surface area contributed by atoms with E-state index in [2.05, 4.69) is 10.3 Å². The van der Waals surface area contributed by atoms with Gasteiger partial charge >= 0.3 is 6.18 Å². The number of hydrogen-bond donors (Lipinski definition) is 1. The Hall–Kier alpha value is -1.10. The van der Waals surface area contributed by atoms with Crippen LogP contribution in [-0.4, -0.2) is 23.7 Å². The van der Waals surface area contributed by atoms with Crippen molar-refractivity contribution in [3.05, 3.63) is 30.1 Å². The van der Waals surface area contributed by atoms with Gasteiger partial charge in [0.2, 0.25) is 0 Å². The molecule has 1 heterocycles. The standard InChI is InChI=1S/C14H21F3N2/c1-2-9-19-13(7-8-14(15,16)17)6-5-12-4-3-10-18-11-12/h3-4,10-11,13,19H,2,5-9H2,1H3. The van der Waals surface area contributed by atoms with Crippen molar-refractivity contribution in [3.63, 3.8) is 0 Å². The Morgan fingerprint density at radius 1 is 1.32 bits per heavy atom. The molecule has 1 atom stereocenters. The van der Waals surface area contributed by atoms with Gasteiger partial charge in [-0.2, -0.15) is 13.2 Å². The highest BCUT2D eigenvalue weighted by atomic mass is 19.4. The topological polar surface area (TPSA) is 24.9 Å². The normalized spacial score (nSPS) is 13.5. The number of aryl methyl sites for hydroxylation is 1. The lowest BCUT2D eigenvalue weighted by molar-refractivity contribution is -0.136. The summed E-state index contributed by atoms with van der Waals surface area (Å²) in [5.74, 6) is 0. The highest BCUT2D eigenvalue weighted by Gasteiger charge is 2.28. The zero-order chi connectivity index (χ0) is 14.1. The van der Waals surface area contributed by atoms with Gasteiger partial charge in [0.05, 0.1) is 0 Å². The summed E-state index contributed by atoms with van der Waals surface area (Å²) < 4.78 is 36.8. The molecule has 1 aromatic rings. The second kappa shape index (κ2) is 8.15. The van der Waals surface area contributed by atoms with Gasteiger partial charge in [-0.1, -0.05) is 13.0 Å². The quantitative estimate of drug-likeness (QED) is 0.781. The van der Waals surface area contributed by atoms with E-state index in [1.54, 1.807) is 12.4 Å². The first-order valence-electron chi connectivity index (χ1n) is 6.70. The van der Waals surface area contributed by atoms with Gasteiger partial charge in [0, 0.05) is 24.9 Å². The third-order valence-electron chi connectivity index (χ3n) is 2.96. The second-order valence-corrected chi connectivity index (χ2v) is 4.70. The molecule has 1 unspecified atom stereocenters. The lowest BCUT2D eigenvalue weighted by Gasteiger charge is -2.19. The monoisotopic (exact) mass is 274 g/mol. The summed E-state index contributed by atoms with van der Waals surface area (Å²) in [6, 6.07) is 3.72. The number of nitrogens with one attached hydrogen (secondary N) is 1. The zero-order valence-electron chi connectivity index (χ0n) is 11.2. The molecule has 0 aliphatic carbocycles. The van der Waals surface area contributed by atoms with Crippen LogP contribution >= 0.6 is 0 Å². The van der Waals surface area contributed by atoms with E-state index < -0.39 is 12.6 Å². The fourth-order valence-corrected chi connectivity index (χ4v) is 1.92. The molecule has 0 spiro atoms. The number of hydrogen-bond acceptors (Lipinski definition) is 2. The van der Waals surface area contributed by atoms with Crippen LogP contribution in [0.15, 0.2) is 24.5 Å². The van der Waals surface area contributed by atoms with Gasteiger partial charge in [-0.15, -0.1) is 0 Å². The molecule has 0 saturated carbocycles. The fourth-order valence-electron chi connectivity index (χ4n) is 1.92. The summed E-state index contributed by atoms with van der Waals surface area (Å²) in [6.07, 6.45) is 1.20. The molecule has 0 fully saturated rings. The molecular weight excluding hydrogens is 253 g/mol. The molecule has 108 valence electrons. The Balaban J connectivity index is 2.40. The van der Waals surface area contributed by atoms with Crippen LogP contribution in [-0.2, 0) is 6.42 Å². The molecule has 0 saturated heterocycles. The molecule has 0 radical (unpaired) electrons. The molecule has 5 heteroatoms. The largest absolute Gasteiger partial charge is 0.389 e. The van der Waals surface area contributed by atoms with E-state index >= 15 is 0 Å². The Bertz CT molecular complexity index is 338. The summed E-state index contributed by atoms with van der Waals surface area (Å²) >= 11 is 0. The van der Waals surface area contributed by atoms with Crippen LogP contribution < -0.4 is 5.32 Å². The Morgan fingerprint density at radius 3 is 2.68 bits per heavy atom. The average molecular weight is 274 g/mol. The van der Waals surface area contributed by atoms with E-state index in [1.807, 2.05) is 19.1 Å². The van der Waals surface area contributed by atoms with Crippen LogP contribution in [0.2, 0.25) is 0 Å². The van der Waals surface area contributed by atoms with Gasteiger partial charge < -0.3 is 5.32 Å². The zero-order valence-corrected chi connectivity index (χ0v) is 11.2. The van der Waals surface area contributed by atoms with Crippen LogP contribution in [0.3, 0.4) is 0 Å².